The van der Waals surface area contributed by atoms with Crippen LogP contribution in [-0.4, -0.2) is 23.8 Å². The van der Waals surface area contributed by atoms with Crippen molar-refractivity contribution in [2.75, 3.05) is 6.61 Å². The van der Waals surface area contributed by atoms with Crippen LogP contribution in [0.25, 0.3) is 0 Å². The molecule has 0 saturated carbocycles. The zero-order valence-corrected chi connectivity index (χ0v) is 9.34. The van der Waals surface area contributed by atoms with Gasteiger partial charge in [0.05, 0.1) is 12.2 Å². The van der Waals surface area contributed by atoms with Crippen LogP contribution in [0.1, 0.15) is 19.4 Å². The molecule has 1 aromatic carbocycles. The maximum Gasteiger partial charge on any atom is 0.488 e. The molecule has 1 aromatic rings. The Kier molecular flexibility index (Phi) is 4.35. The van der Waals surface area contributed by atoms with Crippen molar-refractivity contribution in [1.29, 1.82) is 5.26 Å². The molecule has 0 aromatic heterocycles. The number of rotatable bonds is 4. The molecule has 0 heterocycles. The van der Waals surface area contributed by atoms with E-state index in [0.29, 0.717) is 29.3 Å². The van der Waals surface area contributed by atoms with E-state index in [1.807, 2.05) is 19.9 Å². The maximum absolute atomic E-state index is 9.01. The Balaban J connectivity index is 2.94. The van der Waals surface area contributed by atoms with Crippen molar-refractivity contribution in [2.45, 2.75) is 13.8 Å². The fourth-order valence-electron chi connectivity index (χ4n) is 1.17. The first-order valence-electron chi connectivity index (χ1n) is 5.07. The lowest BCUT2D eigenvalue weighted by molar-refractivity contribution is 0.270. The smallest absolute Gasteiger partial charge is 0.488 e. The predicted octanol–water partition coefficient (Wildman–Crippen LogP) is 0.273. The first-order chi connectivity index (χ1) is 7.54. The molecule has 16 heavy (non-hydrogen) atoms. The second-order valence-corrected chi connectivity index (χ2v) is 3.95. The van der Waals surface area contributed by atoms with Crippen molar-refractivity contribution in [2.24, 2.45) is 5.92 Å². The Morgan fingerprint density at radius 1 is 1.44 bits per heavy atom. The summed E-state index contributed by atoms with van der Waals surface area (Å²) in [5.41, 5.74) is 0.711. The van der Waals surface area contributed by atoms with Crippen molar-refractivity contribution < 1.29 is 14.8 Å². The molecular weight excluding hydrogens is 205 g/mol. The number of benzene rings is 1. The van der Waals surface area contributed by atoms with Crippen LogP contribution in [0.2, 0.25) is 0 Å². The molecule has 5 heteroatoms. The van der Waals surface area contributed by atoms with Crippen LogP contribution in [0, 0.1) is 17.2 Å². The summed E-state index contributed by atoms with van der Waals surface area (Å²) in [5.74, 6) is 0.732. The molecule has 0 aliphatic heterocycles. The first kappa shape index (κ1) is 12.6. The van der Waals surface area contributed by atoms with E-state index >= 15 is 0 Å². The fourth-order valence-corrected chi connectivity index (χ4v) is 1.17. The van der Waals surface area contributed by atoms with E-state index < -0.39 is 7.12 Å². The molecule has 0 amide bonds. The molecule has 84 valence electrons. The van der Waals surface area contributed by atoms with Gasteiger partial charge in [0.1, 0.15) is 11.8 Å². The van der Waals surface area contributed by atoms with E-state index in [0.717, 1.165) is 0 Å². The third kappa shape index (κ3) is 3.26. The fraction of sp³-hybridized carbons (Fsp3) is 0.364. The Bertz CT molecular complexity index is 399. The Morgan fingerprint density at radius 2 is 2.12 bits per heavy atom. The maximum atomic E-state index is 9.01. The van der Waals surface area contributed by atoms with Gasteiger partial charge in [0, 0.05) is 0 Å². The number of hydrogen-bond acceptors (Lipinski definition) is 4. The molecule has 2 N–H and O–H groups in total. The summed E-state index contributed by atoms with van der Waals surface area (Å²) in [4.78, 5) is 0. The molecule has 1 rings (SSSR count). The van der Waals surface area contributed by atoms with E-state index in [4.69, 9.17) is 20.0 Å². The zero-order valence-electron chi connectivity index (χ0n) is 9.34. The molecule has 0 aliphatic carbocycles. The van der Waals surface area contributed by atoms with Gasteiger partial charge in [-0.3, -0.25) is 0 Å². The van der Waals surface area contributed by atoms with Gasteiger partial charge in [0.2, 0.25) is 0 Å². The van der Waals surface area contributed by atoms with Gasteiger partial charge in [-0.05, 0) is 23.5 Å². The standard InChI is InChI=1S/C11H14BNO3/c1-8(2)7-16-11-5-10(12(14)15)4-3-9(11)6-13/h3-5,8,14-15H,7H2,1-2H3. The van der Waals surface area contributed by atoms with E-state index in [9.17, 15) is 0 Å². The lowest BCUT2D eigenvalue weighted by Crippen LogP contribution is -2.29. The SMILES string of the molecule is CC(C)COc1cc(B(O)O)ccc1C#N. The summed E-state index contributed by atoms with van der Waals surface area (Å²) in [7, 11) is -1.55. The van der Waals surface area contributed by atoms with Crippen LogP contribution in [0.5, 0.6) is 5.75 Å². The highest BCUT2D eigenvalue weighted by Crippen LogP contribution is 2.16. The van der Waals surface area contributed by atoms with Gasteiger partial charge < -0.3 is 14.8 Å². The third-order valence-electron chi connectivity index (χ3n) is 2.00. The predicted molar refractivity (Wildman–Crippen MR) is 61.3 cm³/mol. The summed E-state index contributed by atoms with van der Waals surface area (Å²) in [6.07, 6.45) is 0. The van der Waals surface area contributed by atoms with Crippen LogP contribution < -0.4 is 10.2 Å². The molecule has 0 aliphatic rings. The third-order valence-corrected chi connectivity index (χ3v) is 2.00. The molecule has 0 spiro atoms. The number of ether oxygens (including phenoxy) is 1. The van der Waals surface area contributed by atoms with Crippen LogP contribution in [0.4, 0.5) is 0 Å². The summed E-state index contributed by atoms with van der Waals surface area (Å²) < 4.78 is 5.44. The van der Waals surface area contributed by atoms with E-state index in [2.05, 4.69) is 0 Å². The van der Waals surface area contributed by atoms with Gasteiger partial charge in [-0.1, -0.05) is 19.9 Å². The second-order valence-electron chi connectivity index (χ2n) is 3.95. The van der Waals surface area contributed by atoms with E-state index in [1.165, 1.54) is 18.2 Å². The molecule has 0 fully saturated rings. The number of nitriles is 1. The lowest BCUT2D eigenvalue weighted by atomic mass is 9.80. The second kappa shape index (κ2) is 5.54. The Morgan fingerprint density at radius 3 is 2.62 bits per heavy atom. The summed E-state index contributed by atoms with van der Waals surface area (Å²) in [6, 6.07) is 6.48. The van der Waals surface area contributed by atoms with Gasteiger partial charge in [-0.25, -0.2) is 0 Å². The van der Waals surface area contributed by atoms with Gasteiger partial charge in [0.25, 0.3) is 0 Å². The Hall–Kier alpha value is -1.51. The lowest BCUT2D eigenvalue weighted by Gasteiger charge is -2.11. The minimum Gasteiger partial charge on any atom is -0.492 e. The van der Waals surface area contributed by atoms with Gasteiger partial charge in [-0.2, -0.15) is 5.26 Å². The molecule has 0 bridgehead atoms. The highest BCUT2D eigenvalue weighted by atomic mass is 16.5. The number of hydrogen-bond donors (Lipinski definition) is 2. The minimum atomic E-state index is -1.55. The number of nitrogens with zero attached hydrogens (tertiary/aromatic N) is 1. The Labute approximate surface area is 95.2 Å². The van der Waals surface area contributed by atoms with Crippen LogP contribution in [0.3, 0.4) is 0 Å². The first-order valence-corrected chi connectivity index (χ1v) is 5.07. The van der Waals surface area contributed by atoms with E-state index in [-0.39, 0.29) is 0 Å². The summed E-state index contributed by atoms with van der Waals surface area (Å²) in [6.45, 7) is 4.48. The van der Waals surface area contributed by atoms with Gasteiger partial charge >= 0.3 is 7.12 Å². The molecule has 0 unspecified atom stereocenters. The average molecular weight is 219 g/mol. The quantitative estimate of drug-likeness (QED) is 0.713. The van der Waals surface area contributed by atoms with Gasteiger partial charge in [0.15, 0.2) is 0 Å². The van der Waals surface area contributed by atoms with Crippen LogP contribution in [0.15, 0.2) is 18.2 Å². The topological polar surface area (TPSA) is 73.5 Å². The summed E-state index contributed by atoms with van der Waals surface area (Å²) >= 11 is 0. The normalized spacial score (nSPS) is 10.0. The largest absolute Gasteiger partial charge is 0.492 e. The van der Waals surface area contributed by atoms with Crippen molar-refractivity contribution >= 4 is 12.6 Å². The van der Waals surface area contributed by atoms with Crippen molar-refractivity contribution in [3.63, 3.8) is 0 Å². The molecule has 0 saturated heterocycles. The molecule has 4 nitrogen and oxygen atoms in total. The van der Waals surface area contributed by atoms with Crippen molar-refractivity contribution in [3.05, 3.63) is 23.8 Å². The summed E-state index contributed by atoms with van der Waals surface area (Å²) in [5, 5.41) is 26.9. The highest BCUT2D eigenvalue weighted by molar-refractivity contribution is 6.58. The van der Waals surface area contributed by atoms with E-state index in [1.54, 1.807) is 0 Å². The van der Waals surface area contributed by atoms with Crippen LogP contribution in [-0.2, 0) is 0 Å². The average Bonchev–Trinajstić information content (AvgIpc) is 2.25. The van der Waals surface area contributed by atoms with Gasteiger partial charge in [-0.15, -0.1) is 0 Å². The molecule has 0 atom stereocenters. The minimum absolute atomic E-state index is 0.317. The van der Waals surface area contributed by atoms with Crippen LogP contribution >= 0.6 is 0 Å². The van der Waals surface area contributed by atoms with Crippen molar-refractivity contribution in [3.8, 4) is 11.8 Å². The zero-order chi connectivity index (χ0) is 12.1. The monoisotopic (exact) mass is 219 g/mol. The van der Waals surface area contributed by atoms with Crippen molar-refractivity contribution in [1.82, 2.24) is 0 Å². The highest BCUT2D eigenvalue weighted by Gasteiger charge is 2.14. The molecular formula is C11H14BNO3. The molecule has 0 radical (unpaired) electrons.